The number of carbonyl (C=O) groups is 1. The van der Waals surface area contributed by atoms with Crippen LogP contribution in [0.4, 0.5) is 105 Å². The average molecular weight is 1150 g/mol. The summed E-state index contributed by atoms with van der Waals surface area (Å²) in [6.07, 6.45) is -52.8. The van der Waals surface area contributed by atoms with E-state index in [9.17, 15) is 110 Å². The minimum atomic E-state index is -6.13. The summed E-state index contributed by atoms with van der Waals surface area (Å²) in [5.41, 5.74) is -26.8. The molecule has 0 radical (unpaired) electrons. The molecule has 7 rings (SSSR count). The molecule has 1 aromatic heterocycles. The molecule has 0 aliphatic heterocycles. The lowest BCUT2D eigenvalue weighted by atomic mass is 9.12. The largest absolute Gasteiger partial charge is 0.478 e. The van der Waals surface area contributed by atoms with Gasteiger partial charge in [0.25, 0.3) is 0 Å². The summed E-state index contributed by atoms with van der Waals surface area (Å²) in [6.45, 7) is 0.744. The second kappa shape index (κ2) is 21.2. The number of carboxylic acid groups (broad SMARTS) is 1. The summed E-state index contributed by atoms with van der Waals surface area (Å²) in [5, 5.41) is 9.15. The Bertz CT molecular complexity index is 2910. The van der Waals surface area contributed by atoms with Gasteiger partial charge in [0.15, 0.2) is 12.7 Å². The smallest absolute Gasteiger partial charge is 0.416 e. The van der Waals surface area contributed by atoms with Crippen LogP contribution in [-0.2, 0) is 56.0 Å². The van der Waals surface area contributed by atoms with Crippen LogP contribution in [0.5, 0.6) is 0 Å². The molecular formula is C51H28BF24NO2. The Morgan fingerprint density at radius 2 is 0.646 bits per heavy atom. The Balaban J connectivity index is 0.000000378. The van der Waals surface area contributed by atoms with Crippen molar-refractivity contribution in [2.24, 2.45) is 0 Å². The molecule has 6 aromatic carbocycles. The quantitative estimate of drug-likeness (QED) is 0.0936. The molecule has 0 unspecified atom stereocenters. The highest BCUT2D eigenvalue weighted by Gasteiger charge is 2.47. The van der Waals surface area contributed by atoms with Crippen LogP contribution in [0.2, 0.25) is 0 Å². The van der Waals surface area contributed by atoms with Gasteiger partial charge in [-0.25, -0.2) is 4.79 Å². The van der Waals surface area contributed by atoms with Crippen LogP contribution in [0.25, 0.3) is 11.3 Å². The van der Waals surface area contributed by atoms with E-state index in [1.54, 1.807) is 18.2 Å². The maximum atomic E-state index is 14.2. The molecule has 420 valence electrons. The third-order valence-corrected chi connectivity index (χ3v) is 12.0. The normalized spacial score (nSPS) is 13.2. The summed E-state index contributed by atoms with van der Waals surface area (Å²) in [6, 6.07) is 14.4. The zero-order valence-electron chi connectivity index (χ0n) is 38.6. The molecule has 3 nitrogen and oxygen atoms in total. The van der Waals surface area contributed by atoms with E-state index >= 15 is 0 Å². The molecule has 1 N–H and O–H groups in total. The number of hydrogen-bond donors (Lipinski definition) is 1. The third-order valence-electron chi connectivity index (χ3n) is 12.0. The van der Waals surface area contributed by atoms with Crippen molar-refractivity contribution < 1.29 is 120 Å². The maximum Gasteiger partial charge on any atom is 0.416 e. The molecule has 28 heteroatoms. The van der Waals surface area contributed by atoms with Crippen LogP contribution in [0.3, 0.4) is 0 Å². The number of halogens is 24. The predicted molar refractivity (Wildman–Crippen MR) is 235 cm³/mol. The second-order valence-corrected chi connectivity index (χ2v) is 17.3. The van der Waals surface area contributed by atoms with E-state index in [4.69, 9.17) is 5.11 Å². The summed E-state index contributed by atoms with van der Waals surface area (Å²) in [4.78, 5) is 11.2. The molecule has 0 fully saturated rings. The van der Waals surface area contributed by atoms with Crippen LogP contribution in [0.1, 0.15) is 60.4 Å². The lowest BCUT2D eigenvalue weighted by Crippen LogP contribution is -2.75. The molecule has 0 saturated heterocycles. The number of hydrogen-bond acceptors (Lipinski definition) is 1. The first-order valence-electron chi connectivity index (χ1n) is 21.7. The monoisotopic (exact) mass is 1150 g/mol. The van der Waals surface area contributed by atoms with Gasteiger partial charge in [-0.05, 0) is 48.5 Å². The minimum absolute atomic E-state index is 0.299. The summed E-state index contributed by atoms with van der Waals surface area (Å²) >= 11 is 0. The van der Waals surface area contributed by atoms with E-state index in [1.165, 1.54) is 5.56 Å². The van der Waals surface area contributed by atoms with Crippen LogP contribution >= 0.6 is 0 Å². The van der Waals surface area contributed by atoms with Gasteiger partial charge < -0.3 is 5.11 Å². The number of nitrogens with zero attached hydrogens (tertiary/aromatic N) is 1. The first kappa shape index (κ1) is 60.6. The van der Waals surface area contributed by atoms with Crippen LogP contribution < -0.4 is 26.4 Å². The van der Waals surface area contributed by atoms with Crippen molar-refractivity contribution in [2.45, 2.75) is 56.0 Å². The number of alkyl halides is 24. The topological polar surface area (TPSA) is 41.2 Å². The number of carboxylic acids is 1. The zero-order chi connectivity index (χ0) is 59.3. The molecule has 0 atom stereocenters. The zero-order valence-corrected chi connectivity index (χ0v) is 38.6. The van der Waals surface area contributed by atoms with Gasteiger partial charge in [-0.1, -0.05) is 84.9 Å². The molecule has 0 aliphatic rings. The predicted octanol–water partition coefficient (Wildman–Crippen LogP) is 14.6. The third kappa shape index (κ3) is 14.0. The average Bonchev–Trinajstić information content (AvgIpc) is 3.38. The Morgan fingerprint density at radius 1 is 0.354 bits per heavy atom. The molecule has 79 heavy (non-hydrogen) atoms. The van der Waals surface area contributed by atoms with Gasteiger partial charge in [0.1, 0.15) is 6.15 Å². The van der Waals surface area contributed by atoms with Crippen molar-refractivity contribution in [3.05, 3.63) is 207 Å². The van der Waals surface area contributed by atoms with Crippen molar-refractivity contribution >= 4 is 34.0 Å². The van der Waals surface area contributed by atoms with Crippen molar-refractivity contribution in [2.75, 3.05) is 0 Å². The Hall–Kier alpha value is -7.68. The van der Waals surface area contributed by atoms with E-state index in [0.717, 1.165) is 17.8 Å². The van der Waals surface area contributed by atoms with Gasteiger partial charge in [-0.15, -0.1) is 0 Å². The standard InChI is InChI=1S/C32H12BF24.C19H15NO2/c34-25(35,36)13-1-14(26(37,38)39)6-21(5-13)33(22-7-15(27(40,41)42)2-16(8-22)28(43,44)45,23-9-17(29(46,47)48)3-18(10-23)30(49,50)51)24-11-19(31(52,53)54)4-20(12-24)32(55,56)57;21-19(22)17-10-6-9-16(13-17)18-11-4-5-12-20(18)14-15-7-2-1-3-8-15/h1-12H;1-13H,14H2/q-1;/p+1. The van der Waals surface area contributed by atoms with E-state index in [-0.39, 0.29) is 0 Å². The van der Waals surface area contributed by atoms with Crippen LogP contribution in [0.15, 0.2) is 152 Å². The molecule has 7 aromatic rings. The molecule has 1 heterocycles. The van der Waals surface area contributed by atoms with Gasteiger partial charge in [0.05, 0.1) is 50.1 Å². The highest BCUT2D eigenvalue weighted by atomic mass is 19.4. The van der Waals surface area contributed by atoms with E-state index in [1.807, 2.05) is 48.7 Å². The number of pyridine rings is 1. The van der Waals surface area contributed by atoms with Gasteiger partial charge in [0.2, 0.25) is 5.69 Å². The number of rotatable bonds is 8. The molecule has 0 amide bonds. The Morgan fingerprint density at radius 3 is 0.924 bits per heavy atom. The van der Waals surface area contributed by atoms with Crippen molar-refractivity contribution in [1.82, 2.24) is 0 Å². The highest BCUT2D eigenvalue weighted by Crippen LogP contribution is 2.41. The maximum absolute atomic E-state index is 14.2. The summed E-state index contributed by atoms with van der Waals surface area (Å²) < 4.78 is 343. The number of benzene rings is 6. The number of aromatic nitrogens is 1. The summed E-state index contributed by atoms with van der Waals surface area (Å²) in [5.74, 6) is -0.910. The van der Waals surface area contributed by atoms with Crippen molar-refractivity contribution in [3.8, 4) is 11.3 Å². The highest BCUT2D eigenvalue weighted by molar-refractivity contribution is 7.20. The van der Waals surface area contributed by atoms with Gasteiger partial charge >= 0.3 is 55.4 Å². The fraction of sp³-hybridized carbons (Fsp3) is 0.176. The van der Waals surface area contributed by atoms with Crippen LogP contribution in [0, 0.1) is 0 Å². The van der Waals surface area contributed by atoms with E-state index in [0.29, 0.717) is 5.56 Å². The van der Waals surface area contributed by atoms with Crippen molar-refractivity contribution in [1.29, 1.82) is 0 Å². The fourth-order valence-corrected chi connectivity index (χ4v) is 8.54. The van der Waals surface area contributed by atoms with Crippen molar-refractivity contribution in [3.63, 3.8) is 0 Å². The van der Waals surface area contributed by atoms with E-state index < -0.39 is 201 Å². The van der Waals surface area contributed by atoms with Gasteiger partial charge in [0, 0.05) is 23.3 Å². The molecule has 0 saturated carbocycles. The Labute approximate surface area is 427 Å². The SMILES string of the molecule is FC(F)(F)c1cc([B-](c2cc(C(F)(F)F)cc(C(F)(F)F)c2)(c2cc(C(F)(F)F)cc(C(F)(F)F)c2)c2cc(C(F)(F)F)cc(C(F)(F)F)c2)cc(C(F)(F)F)c1.O=C(O)c1cccc(-c2cccc[n+]2Cc2ccccc2)c1. The molecule has 0 spiro atoms. The first-order valence-corrected chi connectivity index (χ1v) is 21.7. The molecule has 0 bridgehead atoms. The molecular weight excluding hydrogens is 1130 g/mol. The van der Waals surface area contributed by atoms with E-state index in [2.05, 4.69) is 16.7 Å². The first-order chi connectivity index (χ1) is 36.0. The lowest BCUT2D eigenvalue weighted by molar-refractivity contribution is -0.677. The Kier molecular flexibility index (Phi) is 16.2. The second-order valence-electron chi connectivity index (χ2n) is 17.3. The number of aromatic carboxylic acids is 1. The fourth-order valence-electron chi connectivity index (χ4n) is 8.54. The molecule has 0 aliphatic carbocycles. The summed E-state index contributed by atoms with van der Waals surface area (Å²) in [7, 11) is 0. The van der Waals surface area contributed by atoms with Gasteiger partial charge in [-0.3, -0.25) is 0 Å². The minimum Gasteiger partial charge on any atom is -0.478 e. The lowest BCUT2D eigenvalue weighted by Gasteiger charge is -2.46. The van der Waals surface area contributed by atoms with Gasteiger partial charge in [-0.2, -0.15) is 132 Å². The van der Waals surface area contributed by atoms with Crippen LogP contribution in [-0.4, -0.2) is 17.2 Å².